The van der Waals surface area contributed by atoms with E-state index < -0.39 is 0 Å². The molecule has 0 saturated heterocycles. The fraction of sp³-hybridized carbons (Fsp3) is 0.435. The molecule has 1 amide bonds. The van der Waals surface area contributed by atoms with Crippen LogP contribution in [0, 0.1) is 0 Å². The van der Waals surface area contributed by atoms with Crippen molar-refractivity contribution in [2.75, 3.05) is 13.7 Å². The third kappa shape index (κ3) is 5.53. The van der Waals surface area contributed by atoms with Crippen molar-refractivity contribution in [1.29, 1.82) is 0 Å². The summed E-state index contributed by atoms with van der Waals surface area (Å²) in [6.07, 6.45) is 9.94. The van der Waals surface area contributed by atoms with Gasteiger partial charge in [-0.2, -0.15) is 0 Å². The quantitative estimate of drug-likeness (QED) is 0.443. The van der Waals surface area contributed by atoms with Crippen molar-refractivity contribution in [3.63, 3.8) is 0 Å². The van der Waals surface area contributed by atoms with E-state index in [0.717, 1.165) is 24.2 Å². The molecule has 0 saturated carbocycles. The van der Waals surface area contributed by atoms with Gasteiger partial charge in [-0.15, -0.1) is 16.8 Å². The number of nitrogens with zero attached hydrogens (tertiary/aromatic N) is 3. The number of nitrogens with one attached hydrogen (secondary N) is 1. The lowest BCUT2D eigenvalue weighted by Gasteiger charge is -2.15. The number of carbonyl (C=O) groups excluding carboxylic acids is 1. The zero-order valence-corrected chi connectivity index (χ0v) is 18.6. The van der Waals surface area contributed by atoms with Gasteiger partial charge in [0.25, 0.3) is 0 Å². The van der Waals surface area contributed by atoms with Crippen LogP contribution >= 0.6 is 11.8 Å². The van der Waals surface area contributed by atoms with Crippen LogP contribution in [-0.4, -0.2) is 39.6 Å². The van der Waals surface area contributed by atoms with E-state index >= 15 is 0 Å². The number of benzene rings is 1. The number of methoxy groups -OCH3 is 1. The number of amides is 1. The van der Waals surface area contributed by atoms with E-state index in [0.29, 0.717) is 24.1 Å². The molecule has 0 spiro atoms. The van der Waals surface area contributed by atoms with Crippen LogP contribution in [-0.2, 0) is 11.3 Å². The average molecular weight is 427 g/mol. The molecule has 6 nitrogen and oxygen atoms in total. The number of ether oxygens (including phenoxy) is 1. The molecule has 2 aromatic rings. The molecular weight excluding hydrogens is 396 g/mol. The van der Waals surface area contributed by atoms with E-state index in [-0.39, 0.29) is 11.2 Å². The number of aromatic nitrogens is 3. The maximum Gasteiger partial charge on any atom is 0.233 e. The van der Waals surface area contributed by atoms with Crippen LogP contribution in [0.15, 0.2) is 53.7 Å². The zero-order valence-electron chi connectivity index (χ0n) is 17.8. The molecule has 0 aliphatic heterocycles. The molecule has 1 heterocycles. The summed E-state index contributed by atoms with van der Waals surface area (Å²) >= 11 is 1.41. The molecule has 1 N–H and O–H groups in total. The highest BCUT2D eigenvalue weighted by Gasteiger charge is 2.21. The monoisotopic (exact) mass is 426 g/mol. The molecule has 0 bridgehead atoms. The Morgan fingerprint density at radius 2 is 2.20 bits per heavy atom. The second-order valence-corrected chi connectivity index (χ2v) is 8.62. The fourth-order valence-corrected chi connectivity index (χ4v) is 4.41. The summed E-state index contributed by atoms with van der Waals surface area (Å²) in [5.41, 5.74) is 2.33. The predicted octanol–water partition coefficient (Wildman–Crippen LogP) is 4.63. The molecular formula is C23H30N4O2S. The lowest BCUT2D eigenvalue weighted by atomic mass is 9.97. The van der Waals surface area contributed by atoms with Gasteiger partial charge in [0.05, 0.1) is 17.9 Å². The number of para-hydroxylation sites is 1. The minimum Gasteiger partial charge on any atom is -0.496 e. The van der Waals surface area contributed by atoms with E-state index in [1.54, 1.807) is 13.2 Å². The Labute approximate surface area is 182 Å². The maximum absolute atomic E-state index is 12.6. The second kappa shape index (κ2) is 11.0. The summed E-state index contributed by atoms with van der Waals surface area (Å²) in [5, 5.41) is 12.2. The van der Waals surface area contributed by atoms with Crippen molar-refractivity contribution in [3.8, 4) is 17.1 Å². The summed E-state index contributed by atoms with van der Waals surface area (Å²) in [6.45, 7) is 6.98. The first-order valence-electron chi connectivity index (χ1n) is 10.4. The fourth-order valence-electron chi connectivity index (χ4n) is 3.53. The number of hydrogen-bond acceptors (Lipinski definition) is 5. The van der Waals surface area contributed by atoms with Gasteiger partial charge in [0.2, 0.25) is 5.91 Å². The Morgan fingerprint density at radius 1 is 1.37 bits per heavy atom. The van der Waals surface area contributed by atoms with E-state index in [1.165, 1.54) is 36.6 Å². The topological polar surface area (TPSA) is 69.0 Å². The molecule has 1 aromatic carbocycles. The van der Waals surface area contributed by atoms with E-state index in [4.69, 9.17) is 4.74 Å². The van der Waals surface area contributed by atoms with Crippen LogP contribution in [0.3, 0.4) is 0 Å². The van der Waals surface area contributed by atoms with Gasteiger partial charge in [-0.25, -0.2) is 0 Å². The molecule has 0 fully saturated rings. The third-order valence-corrected chi connectivity index (χ3v) is 6.24. The van der Waals surface area contributed by atoms with E-state index in [1.807, 2.05) is 35.8 Å². The van der Waals surface area contributed by atoms with Crippen LogP contribution in [0.4, 0.5) is 0 Å². The van der Waals surface area contributed by atoms with E-state index in [2.05, 4.69) is 28.2 Å². The Kier molecular flexibility index (Phi) is 8.13. The van der Waals surface area contributed by atoms with Crippen LogP contribution in [0.1, 0.15) is 39.0 Å². The van der Waals surface area contributed by atoms with Crippen molar-refractivity contribution in [1.82, 2.24) is 20.1 Å². The van der Waals surface area contributed by atoms with Gasteiger partial charge in [-0.05, 0) is 51.2 Å². The van der Waals surface area contributed by atoms with Gasteiger partial charge in [-0.3, -0.25) is 9.36 Å². The zero-order chi connectivity index (χ0) is 21.3. The smallest absolute Gasteiger partial charge is 0.233 e. The highest BCUT2D eigenvalue weighted by Crippen LogP contribution is 2.32. The molecule has 1 aliphatic carbocycles. The second-order valence-electron chi connectivity index (χ2n) is 7.32. The van der Waals surface area contributed by atoms with Crippen molar-refractivity contribution in [2.45, 2.75) is 56.0 Å². The summed E-state index contributed by atoms with van der Waals surface area (Å²) in [4.78, 5) is 12.6. The molecule has 3 rings (SSSR count). The predicted molar refractivity (Wildman–Crippen MR) is 122 cm³/mol. The summed E-state index contributed by atoms with van der Waals surface area (Å²) in [5.74, 6) is 1.45. The van der Waals surface area contributed by atoms with Crippen molar-refractivity contribution in [2.24, 2.45) is 0 Å². The maximum atomic E-state index is 12.6. The molecule has 0 radical (unpaired) electrons. The third-order valence-electron chi connectivity index (χ3n) is 5.16. The standard InChI is InChI=1S/C23H30N4O2S/c1-4-16-27-21(19-12-8-9-13-20(19)29-3)25-26-23(27)30-17(2)22(28)24-15-14-18-10-6-5-7-11-18/h4,8-10,12-13,17H,1,5-7,11,14-16H2,2-3H3,(H,24,28). The van der Waals surface area contributed by atoms with Crippen LogP contribution in [0.5, 0.6) is 5.75 Å². The SMILES string of the molecule is C=CCn1c(SC(C)C(=O)NCCC2=CCCCC2)nnc1-c1ccccc1OC. The Balaban J connectivity index is 1.66. The van der Waals surface area contributed by atoms with Gasteiger partial charge in [0.15, 0.2) is 11.0 Å². The normalized spacial score (nSPS) is 14.7. The van der Waals surface area contributed by atoms with Crippen LogP contribution in [0.2, 0.25) is 0 Å². The lowest BCUT2D eigenvalue weighted by Crippen LogP contribution is -2.32. The number of allylic oxidation sites excluding steroid dienone is 2. The number of rotatable bonds is 10. The minimum absolute atomic E-state index is 0.0170. The van der Waals surface area contributed by atoms with Gasteiger partial charge >= 0.3 is 0 Å². The summed E-state index contributed by atoms with van der Waals surface area (Å²) < 4.78 is 7.44. The lowest BCUT2D eigenvalue weighted by molar-refractivity contribution is -0.120. The average Bonchev–Trinajstić information content (AvgIpc) is 3.16. The summed E-state index contributed by atoms with van der Waals surface area (Å²) in [7, 11) is 1.64. The van der Waals surface area contributed by atoms with Gasteiger partial charge < -0.3 is 10.1 Å². The Hall–Kier alpha value is -2.54. The van der Waals surface area contributed by atoms with Crippen molar-refractivity contribution in [3.05, 3.63) is 48.6 Å². The van der Waals surface area contributed by atoms with Gasteiger partial charge in [-0.1, -0.05) is 41.6 Å². The Morgan fingerprint density at radius 3 is 2.93 bits per heavy atom. The first-order chi connectivity index (χ1) is 14.6. The van der Waals surface area contributed by atoms with Crippen molar-refractivity contribution < 1.29 is 9.53 Å². The van der Waals surface area contributed by atoms with Gasteiger partial charge in [0, 0.05) is 13.1 Å². The number of carbonyl (C=O) groups is 1. The molecule has 1 atom stereocenters. The van der Waals surface area contributed by atoms with E-state index in [9.17, 15) is 4.79 Å². The largest absolute Gasteiger partial charge is 0.496 e. The van der Waals surface area contributed by atoms with Crippen LogP contribution in [0.25, 0.3) is 11.4 Å². The molecule has 160 valence electrons. The molecule has 1 aliphatic rings. The molecule has 1 aromatic heterocycles. The molecule has 7 heteroatoms. The van der Waals surface area contributed by atoms with Crippen molar-refractivity contribution >= 4 is 17.7 Å². The summed E-state index contributed by atoms with van der Waals surface area (Å²) in [6, 6.07) is 7.71. The highest BCUT2D eigenvalue weighted by molar-refractivity contribution is 8.00. The highest BCUT2D eigenvalue weighted by atomic mass is 32.2. The van der Waals surface area contributed by atoms with Gasteiger partial charge in [0.1, 0.15) is 5.75 Å². The first kappa shape index (κ1) is 22.2. The van der Waals surface area contributed by atoms with Crippen LogP contribution < -0.4 is 10.1 Å². The number of thioether (sulfide) groups is 1. The number of hydrogen-bond donors (Lipinski definition) is 1. The first-order valence-corrected chi connectivity index (χ1v) is 11.3. The molecule has 1 unspecified atom stereocenters. The Bertz CT molecular complexity index is 906. The minimum atomic E-state index is -0.274. The molecule has 30 heavy (non-hydrogen) atoms.